The molecule has 0 radical (unpaired) electrons. The van der Waals surface area contributed by atoms with Gasteiger partial charge in [0.2, 0.25) is 15.9 Å². The topological polar surface area (TPSA) is 66.9 Å². The Kier molecular flexibility index (Phi) is 6.84. The molecule has 0 aliphatic carbocycles. The molecule has 0 atom stereocenters. The van der Waals surface area contributed by atoms with Crippen LogP contribution in [0.15, 0.2) is 29.2 Å². The van der Waals surface area contributed by atoms with Crippen molar-refractivity contribution in [3.05, 3.63) is 24.3 Å². The van der Waals surface area contributed by atoms with Crippen molar-refractivity contribution in [3.8, 4) is 5.75 Å². The highest BCUT2D eigenvalue weighted by molar-refractivity contribution is 7.89. The quantitative estimate of drug-likeness (QED) is 0.741. The van der Waals surface area contributed by atoms with Crippen LogP contribution in [0.4, 0.5) is 0 Å². The largest absolute Gasteiger partial charge is 0.494 e. The number of amides is 1. The number of carbonyl (C=O) groups is 1. The second-order valence-corrected chi connectivity index (χ2v) is 8.03. The molecule has 0 spiro atoms. The molecule has 1 aromatic carbocycles. The minimum Gasteiger partial charge on any atom is -0.494 e. The zero-order valence-electron chi connectivity index (χ0n) is 15.3. The van der Waals surface area contributed by atoms with Crippen LogP contribution in [-0.4, -0.2) is 56.3 Å². The molecule has 1 fully saturated rings. The van der Waals surface area contributed by atoms with Crippen LogP contribution in [-0.2, 0) is 14.8 Å². The van der Waals surface area contributed by atoms with Crippen molar-refractivity contribution in [2.24, 2.45) is 5.92 Å². The Hall–Kier alpha value is -1.60. The molecule has 1 aromatic rings. The van der Waals surface area contributed by atoms with Gasteiger partial charge < -0.3 is 9.64 Å². The lowest BCUT2D eigenvalue weighted by Gasteiger charge is -2.33. The molecular formula is C18H28N2O4S. The third-order valence-corrected chi connectivity index (χ3v) is 6.56. The molecule has 140 valence electrons. The van der Waals surface area contributed by atoms with Crippen molar-refractivity contribution in [3.63, 3.8) is 0 Å². The molecule has 0 aromatic heterocycles. The molecule has 1 aliphatic heterocycles. The first-order valence-corrected chi connectivity index (χ1v) is 10.4. The molecule has 0 N–H and O–H groups in total. The number of sulfonamides is 1. The SMILES string of the molecule is CCOc1ccc(S(=O)(=O)N2CCC(C(=O)N(CC)CC)CC2)cc1. The van der Waals surface area contributed by atoms with Crippen molar-refractivity contribution in [2.45, 2.75) is 38.5 Å². The maximum atomic E-state index is 12.8. The number of carbonyl (C=O) groups excluding carboxylic acids is 1. The first kappa shape index (κ1) is 19.7. The van der Waals surface area contributed by atoms with Gasteiger partial charge in [-0.3, -0.25) is 4.79 Å². The molecule has 1 saturated heterocycles. The highest BCUT2D eigenvalue weighted by atomic mass is 32.2. The van der Waals surface area contributed by atoms with E-state index in [-0.39, 0.29) is 16.7 Å². The van der Waals surface area contributed by atoms with Gasteiger partial charge in [0.1, 0.15) is 5.75 Å². The lowest BCUT2D eigenvalue weighted by Crippen LogP contribution is -2.44. The van der Waals surface area contributed by atoms with E-state index in [0.29, 0.717) is 51.4 Å². The maximum absolute atomic E-state index is 12.8. The van der Waals surface area contributed by atoms with E-state index in [9.17, 15) is 13.2 Å². The average molecular weight is 368 g/mol. The third kappa shape index (κ3) is 4.52. The van der Waals surface area contributed by atoms with Crippen LogP contribution < -0.4 is 4.74 Å². The van der Waals surface area contributed by atoms with E-state index in [1.807, 2.05) is 25.7 Å². The predicted molar refractivity (Wildman–Crippen MR) is 97.0 cm³/mol. The predicted octanol–water partition coefficient (Wildman–Crippen LogP) is 2.35. The van der Waals surface area contributed by atoms with Gasteiger partial charge >= 0.3 is 0 Å². The monoisotopic (exact) mass is 368 g/mol. The summed E-state index contributed by atoms with van der Waals surface area (Å²) in [5.41, 5.74) is 0. The second kappa shape index (κ2) is 8.67. The van der Waals surface area contributed by atoms with Crippen molar-refractivity contribution >= 4 is 15.9 Å². The first-order chi connectivity index (χ1) is 11.9. The minimum absolute atomic E-state index is 0.0771. The Balaban J connectivity index is 2.02. The number of piperidine rings is 1. The van der Waals surface area contributed by atoms with E-state index in [4.69, 9.17) is 4.74 Å². The fourth-order valence-electron chi connectivity index (χ4n) is 3.16. The van der Waals surface area contributed by atoms with E-state index in [1.165, 1.54) is 4.31 Å². The molecule has 1 aliphatic rings. The second-order valence-electron chi connectivity index (χ2n) is 6.09. The summed E-state index contributed by atoms with van der Waals surface area (Å²) in [5, 5.41) is 0. The highest BCUT2D eigenvalue weighted by Gasteiger charge is 2.33. The third-order valence-electron chi connectivity index (χ3n) is 4.65. The van der Waals surface area contributed by atoms with Crippen LogP contribution in [0.3, 0.4) is 0 Å². The van der Waals surface area contributed by atoms with E-state index in [2.05, 4.69) is 0 Å². The smallest absolute Gasteiger partial charge is 0.243 e. The van der Waals surface area contributed by atoms with Gasteiger partial charge in [0.25, 0.3) is 0 Å². The van der Waals surface area contributed by atoms with Crippen molar-refractivity contribution < 1.29 is 17.9 Å². The molecule has 0 unspecified atom stereocenters. The van der Waals surface area contributed by atoms with Crippen molar-refractivity contribution in [2.75, 3.05) is 32.8 Å². The molecule has 1 amide bonds. The van der Waals surface area contributed by atoms with Crippen LogP contribution in [0.1, 0.15) is 33.6 Å². The summed E-state index contributed by atoms with van der Waals surface area (Å²) in [6.07, 6.45) is 1.15. The number of hydrogen-bond donors (Lipinski definition) is 0. The van der Waals surface area contributed by atoms with Crippen LogP contribution in [0.2, 0.25) is 0 Å². The maximum Gasteiger partial charge on any atom is 0.243 e. The van der Waals surface area contributed by atoms with Gasteiger partial charge in [-0.1, -0.05) is 0 Å². The van der Waals surface area contributed by atoms with Crippen LogP contribution in [0, 0.1) is 5.92 Å². The fraction of sp³-hybridized carbons (Fsp3) is 0.611. The van der Waals surface area contributed by atoms with Crippen LogP contribution in [0.5, 0.6) is 5.75 Å². The Labute approximate surface area is 150 Å². The summed E-state index contributed by atoms with van der Waals surface area (Å²) < 4.78 is 32.4. The fourth-order valence-corrected chi connectivity index (χ4v) is 4.63. The number of nitrogens with zero attached hydrogens (tertiary/aromatic N) is 2. The standard InChI is InChI=1S/C18H28N2O4S/c1-4-19(5-2)18(21)15-11-13-20(14-12-15)25(22,23)17-9-7-16(8-10-17)24-6-3/h7-10,15H,4-6,11-14H2,1-3H3. The summed E-state index contributed by atoms with van der Waals surface area (Å²) in [6.45, 7) is 8.51. The number of ether oxygens (including phenoxy) is 1. The van der Waals surface area contributed by atoms with E-state index in [1.54, 1.807) is 24.3 Å². The molecule has 2 rings (SSSR count). The van der Waals surface area contributed by atoms with Gasteiger partial charge in [-0.25, -0.2) is 8.42 Å². The van der Waals surface area contributed by atoms with Gasteiger partial charge in [-0.15, -0.1) is 0 Å². The molecule has 25 heavy (non-hydrogen) atoms. The van der Waals surface area contributed by atoms with Gasteiger partial charge in [-0.2, -0.15) is 4.31 Å². The van der Waals surface area contributed by atoms with Crippen LogP contribution in [0.25, 0.3) is 0 Å². The molecule has 0 bridgehead atoms. The summed E-state index contributed by atoms with van der Waals surface area (Å²) in [6, 6.07) is 6.50. The van der Waals surface area contributed by atoms with Gasteiger partial charge in [-0.05, 0) is 57.9 Å². The number of rotatable bonds is 7. The van der Waals surface area contributed by atoms with Gasteiger partial charge in [0, 0.05) is 32.1 Å². The first-order valence-electron chi connectivity index (χ1n) is 8.95. The Bertz CT molecular complexity index is 661. The summed E-state index contributed by atoms with van der Waals surface area (Å²) in [4.78, 5) is 14.5. The molecule has 0 saturated carbocycles. The average Bonchev–Trinajstić information content (AvgIpc) is 2.63. The number of benzene rings is 1. The van der Waals surface area contributed by atoms with E-state index < -0.39 is 10.0 Å². The molecule has 7 heteroatoms. The molecule has 6 nitrogen and oxygen atoms in total. The highest BCUT2D eigenvalue weighted by Crippen LogP contribution is 2.26. The Morgan fingerprint density at radius 1 is 1.12 bits per heavy atom. The van der Waals surface area contributed by atoms with Crippen molar-refractivity contribution in [1.29, 1.82) is 0 Å². The van der Waals surface area contributed by atoms with Gasteiger partial charge in [0.15, 0.2) is 0 Å². The Morgan fingerprint density at radius 2 is 1.68 bits per heavy atom. The zero-order valence-corrected chi connectivity index (χ0v) is 16.1. The minimum atomic E-state index is -3.52. The lowest BCUT2D eigenvalue weighted by atomic mass is 9.96. The number of hydrogen-bond acceptors (Lipinski definition) is 4. The molecular weight excluding hydrogens is 340 g/mol. The molecule has 1 heterocycles. The summed E-state index contributed by atoms with van der Waals surface area (Å²) in [7, 11) is -3.52. The van der Waals surface area contributed by atoms with E-state index in [0.717, 1.165) is 0 Å². The Morgan fingerprint density at radius 3 is 2.16 bits per heavy atom. The van der Waals surface area contributed by atoms with E-state index >= 15 is 0 Å². The zero-order chi connectivity index (χ0) is 18.4. The summed E-state index contributed by atoms with van der Waals surface area (Å²) >= 11 is 0. The van der Waals surface area contributed by atoms with Gasteiger partial charge in [0.05, 0.1) is 11.5 Å². The normalized spacial score (nSPS) is 16.6. The summed E-state index contributed by atoms with van der Waals surface area (Å²) in [5.74, 6) is 0.722. The van der Waals surface area contributed by atoms with Crippen molar-refractivity contribution in [1.82, 2.24) is 9.21 Å². The lowest BCUT2D eigenvalue weighted by molar-refractivity contribution is -0.136. The van der Waals surface area contributed by atoms with Crippen LogP contribution >= 0.6 is 0 Å².